The van der Waals surface area contributed by atoms with E-state index >= 15 is 0 Å². The Bertz CT molecular complexity index is 674. The number of hydrogen-bond donors (Lipinski definition) is 2. The summed E-state index contributed by atoms with van der Waals surface area (Å²) in [6.07, 6.45) is 6.94. The van der Waals surface area contributed by atoms with Gasteiger partial charge >= 0.3 is 0 Å². The van der Waals surface area contributed by atoms with Crippen LogP contribution in [0.3, 0.4) is 0 Å². The van der Waals surface area contributed by atoms with Gasteiger partial charge in [0.1, 0.15) is 5.01 Å². The van der Waals surface area contributed by atoms with Crippen molar-refractivity contribution in [2.24, 2.45) is 12.0 Å². The maximum absolute atomic E-state index is 4.66. The molecule has 1 atom stereocenters. The molecular weight excluding hydrogens is 334 g/mol. The Hall–Kier alpha value is -1.93. The van der Waals surface area contributed by atoms with E-state index in [1.165, 1.54) is 10.4 Å². The van der Waals surface area contributed by atoms with Crippen molar-refractivity contribution in [3.63, 3.8) is 0 Å². The van der Waals surface area contributed by atoms with Crippen LogP contribution in [-0.4, -0.2) is 52.8 Å². The smallest absolute Gasteiger partial charge is 0.191 e. The molecule has 0 amide bonds. The molecule has 2 rings (SSSR count). The van der Waals surface area contributed by atoms with Crippen molar-refractivity contribution in [2.45, 2.75) is 32.9 Å². The van der Waals surface area contributed by atoms with Crippen LogP contribution in [0.1, 0.15) is 35.3 Å². The number of guanidine groups is 1. The first-order valence-electron chi connectivity index (χ1n) is 8.64. The summed E-state index contributed by atoms with van der Waals surface area (Å²) in [5.41, 5.74) is 1.18. The molecule has 0 aromatic carbocycles. The van der Waals surface area contributed by atoms with Gasteiger partial charge in [0, 0.05) is 43.0 Å². The summed E-state index contributed by atoms with van der Waals surface area (Å²) >= 11 is 1.73. The maximum Gasteiger partial charge on any atom is 0.191 e. The second kappa shape index (κ2) is 9.53. The van der Waals surface area contributed by atoms with Crippen LogP contribution in [0.25, 0.3) is 0 Å². The average molecular weight is 364 g/mol. The second-order valence-corrected chi connectivity index (χ2v) is 7.28. The summed E-state index contributed by atoms with van der Waals surface area (Å²) in [5.74, 6) is 0.812. The average Bonchev–Trinajstić information content (AvgIpc) is 3.21. The molecular formula is C17H29N7S. The Morgan fingerprint density at radius 1 is 1.32 bits per heavy atom. The fourth-order valence-electron chi connectivity index (χ4n) is 2.48. The van der Waals surface area contributed by atoms with Crippen LogP contribution >= 0.6 is 11.3 Å². The van der Waals surface area contributed by atoms with E-state index in [9.17, 15) is 0 Å². The second-order valence-electron chi connectivity index (χ2n) is 6.08. The van der Waals surface area contributed by atoms with Crippen molar-refractivity contribution in [2.75, 3.05) is 27.2 Å². The molecule has 25 heavy (non-hydrogen) atoms. The highest BCUT2D eigenvalue weighted by Crippen LogP contribution is 2.16. The predicted octanol–water partition coefficient (Wildman–Crippen LogP) is 1.80. The van der Waals surface area contributed by atoms with Crippen molar-refractivity contribution in [1.29, 1.82) is 0 Å². The van der Waals surface area contributed by atoms with E-state index in [0.29, 0.717) is 6.54 Å². The van der Waals surface area contributed by atoms with Crippen LogP contribution in [0, 0.1) is 0 Å². The highest BCUT2D eigenvalue weighted by molar-refractivity contribution is 7.11. The zero-order valence-electron chi connectivity index (χ0n) is 15.8. The van der Waals surface area contributed by atoms with E-state index < -0.39 is 0 Å². The van der Waals surface area contributed by atoms with Gasteiger partial charge in [-0.15, -0.1) is 11.3 Å². The quantitative estimate of drug-likeness (QED) is 0.553. The molecule has 0 bridgehead atoms. The van der Waals surface area contributed by atoms with Crippen LogP contribution < -0.4 is 10.6 Å². The molecule has 0 saturated carbocycles. The van der Waals surface area contributed by atoms with Crippen molar-refractivity contribution in [3.8, 4) is 0 Å². The minimum atomic E-state index is 0.226. The van der Waals surface area contributed by atoms with Crippen molar-refractivity contribution in [3.05, 3.63) is 34.0 Å². The number of nitrogens with one attached hydrogen (secondary N) is 2. The lowest BCUT2D eigenvalue weighted by molar-refractivity contribution is 0.298. The van der Waals surface area contributed by atoms with Gasteiger partial charge in [-0.1, -0.05) is 6.92 Å². The molecule has 138 valence electrons. The molecule has 7 nitrogen and oxygen atoms in total. The molecule has 0 aliphatic carbocycles. The number of aryl methyl sites for hydroxylation is 2. The van der Waals surface area contributed by atoms with E-state index in [1.807, 2.05) is 24.1 Å². The number of aromatic nitrogens is 3. The van der Waals surface area contributed by atoms with E-state index in [1.54, 1.807) is 11.3 Å². The van der Waals surface area contributed by atoms with Gasteiger partial charge in [0.25, 0.3) is 0 Å². The third kappa shape index (κ3) is 5.82. The zero-order chi connectivity index (χ0) is 18.2. The molecule has 2 heterocycles. The Balaban J connectivity index is 2.00. The number of hydrogen-bond acceptors (Lipinski definition) is 5. The first-order chi connectivity index (χ1) is 12.0. The molecule has 2 aromatic heterocycles. The predicted molar refractivity (Wildman–Crippen MR) is 104 cm³/mol. The molecule has 0 saturated heterocycles. The monoisotopic (exact) mass is 363 g/mol. The molecule has 2 aromatic rings. The van der Waals surface area contributed by atoms with Gasteiger partial charge < -0.3 is 15.5 Å². The summed E-state index contributed by atoms with van der Waals surface area (Å²) in [6, 6.07) is 0.226. The lowest BCUT2D eigenvalue weighted by atomic mass is 10.1. The Morgan fingerprint density at radius 2 is 2.12 bits per heavy atom. The number of nitrogens with zero attached hydrogens (tertiary/aromatic N) is 5. The fourth-order valence-corrected chi connectivity index (χ4v) is 3.26. The van der Waals surface area contributed by atoms with Crippen molar-refractivity contribution >= 4 is 17.3 Å². The van der Waals surface area contributed by atoms with E-state index in [4.69, 9.17) is 0 Å². The number of thiazole rings is 1. The van der Waals surface area contributed by atoms with Gasteiger partial charge in [-0.25, -0.2) is 9.98 Å². The first kappa shape index (κ1) is 19.4. The van der Waals surface area contributed by atoms with Gasteiger partial charge in [0.05, 0.1) is 18.8 Å². The zero-order valence-corrected chi connectivity index (χ0v) is 16.6. The lowest BCUT2D eigenvalue weighted by Gasteiger charge is -2.24. The van der Waals surface area contributed by atoms with Crippen LogP contribution in [0.5, 0.6) is 0 Å². The number of rotatable bonds is 8. The maximum atomic E-state index is 4.66. The van der Waals surface area contributed by atoms with E-state index in [2.05, 4.69) is 64.7 Å². The molecule has 1 unspecified atom stereocenters. The number of likely N-dealkylation sites (N-methyl/N-ethyl adjacent to an activating group) is 1. The van der Waals surface area contributed by atoms with E-state index in [-0.39, 0.29) is 6.04 Å². The highest BCUT2D eigenvalue weighted by Gasteiger charge is 2.16. The third-order valence-electron chi connectivity index (χ3n) is 3.86. The summed E-state index contributed by atoms with van der Waals surface area (Å²) in [5, 5.41) is 12.1. The molecule has 0 spiro atoms. The minimum Gasteiger partial charge on any atom is -0.357 e. The molecule has 0 aliphatic rings. The lowest BCUT2D eigenvalue weighted by Crippen LogP contribution is -2.41. The standard InChI is InChI=1S/C17H29N7S/c1-6-14-9-19-16(25-14)11-21-17(18-7-2)20-10-15(23(3)4)13-8-22-24(5)12-13/h8-9,12,15H,6-7,10-11H2,1-5H3,(H2,18,20,21). The van der Waals surface area contributed by atoms with Crippen molar-refractivity contribution in [1.82, 2.24) is 30.3 Å². The Morgan fingerprint density at radius 3 is 2.68 bits per heavy atom. The Kier molecular flexibility index (Phi) is 7.39. The molecule has 8 heteroatoms. The summed E-state index contributed by atoms with van der Waals surface area (Å²) in [6.45, 7) is 6.39. The van der Waals surface area contributed by atoms with Crippen LogP contribution in [0.2, 0.25) is 0 Å². The number of aliphatic imine (C=N–C) groups is 1. The van der Waals surface area contributed by atoms with Gasteiger partial charge in [0.2, 0.25) is 0 Å². The van der Waals surface area contributed by atoms with Crippen LogP contribution in [0.4, 0.5) is 0 Å². The normalized spacial score (nSPS) is 13.3. The summed E-state index contributed by atoms with van der Waals surface area (Å²) in [7, 11) is 6.09. The minimum absolute atomic E-state index is 0.226. The summed E-state index contributed by atoms with van der Waals surface area (Å²) < 4.78 is 1.83. The van der Waals surface area contributed by atoms with E-state index in [0.717, 1.165) is 30.5 Å². The fraction of sp³-hybridized carbons (Fsp3) is 0.588. The largest absolute Gasteiger partial charge is 0.357 e. The topological polar surface area (TPSA) is 70.4 Å². The van der Waals surface area contributed by atoms with Gasteiger partial charge in [-0.05, 0) is 27.4 Å². The molecule has 0 aliphatic heterocycles. The van der Waals surface area contributed by atoms with Gasteiger partial charge in [-0.2, -0.15) is 5.10 Å². The van der Waals surface area contributed by atoms with Gasteiger partial charge in [0.15, 0.2) is 5.96 Å². The third-order valence-corrected chi connectivity index (χ3v) is 4.99. The van der Waals surface area contributed by atoms with Crippen molar-refractivity contribution < 1.29 is 0 Å². The molecule has 0 fully saturated rings. The van der Waals surface area contributed by atoms with Crippen LogP contribution in [-0.2, 0) is 20.0 Å². The first-order valence-corrected chi connectivity index (χ1v) is 9.45. The van der Waals surface area contributed by atoms with Crippen LogP contribution in [0.15, 0.2) is 23.6 Å². The Labute approximate surface area is 154 Å². The molecule has 2 N–H and O–H groups in total. The van der Waals surface area contributed by atoms with Gasteiger partial charge in [-0.3, -0.25) is 4.68 Å². The molecule has 0 radical (unpaired) electrons. The highest BCUT2D eigenvalue weighted by atomic mass is 32.1. The summed E-state index contributed by atoms with van der Waals surface area (Å²) in [4.78, 5) is 12.6. The SMILES string of the molecule is CCNC(=NCc1ncc(CC)s1)NCC(c1cnn(C)c1)N(C)C.